The first kappa shape index (κ1) is 23.5. The summed E-state index contributed by atoms with van der Waals surface area (Å²) < 4.78 is 7.56. The average Bonchev–Trinajstić information content (AvgIpc) is 3.48. The highest BCUT2D eigenvalue weighted by molar-refractivity contribution is 5.95. The first-order valence-electron chi connectivity index (χ1n) is 12.4. The first-order chi connectivity index (χ1) is 16.9. The van der Waals surface area contributed by atoms with Crippen molar-refractivity contribution in [3.05, 3.63) is 40.1 Å². The van der Waals surface area contributed by atoms with Crippen LogP contribution in [0, 0.1) is 6.92 Å². The molecule has 1 atom stereocenters. The number of likely N-dealkylation sites (N-methyl/N-ethyl adjacent to an activating group) is 1. The molecule has 10 nitrogen and oxygen atoms in total. The van der Waals surface area contributed by atoms with Gasteiger partial charge >= 0.3 is 0 Å². The van der Waals surface area contributed by atoms with Crippen LogP contribution in [0.25, 0.3) is 16.9 Å². The number of ether oxygens (including phenoxy) is 1. The molecule has 3 N–H and O–H groups in total. The van der Waals surface area contributed by atoms with Crippen LogP contribution in [-0.2, 0) is 4.79 Å². The van der Waals surface area contributed by atoms with Gasteiger partial charge in [-0.3, -0.25) is 9.59 Å². The summed E-state index contributed by atoms with van der Waals surface area (Å²) in [6.07, 6.45) is 4.43. The van der Waals surface area contributed by atoms with E-state index in [0.29, 0.717) is 53.1 Å². The molecule has 35 heavy (non-hydrogen) atoms. The van der Waals surface area contributed by atoms with E-state index in [4.69, 9.17) is 14.8 Å². The number of anilines is 1. The number of nitrogens with zero attached hydrogens (tertiary/aromatic N) is 4. The van der Waals surface area contributed by atoms with Crippen LogP contribution < -0.4 is 20.9 Å². The number of aromatic nitrogens is 4. The van der Waals surface area contributed by atoms with Gasteiger partial charge in [-0.2, -0.15) is 0 Å². The van der Waals surface area contributed by atoms with Crippen LogP contribution in [0.15, 0.2) is 23.0 Å². The fraction of sp³-hybridized carbons (Fsp3) is 0.520. The maximum Gasteiger partial charge on any atom is 0.277 e. The van der Waals surface area contributed by atoms with Crippen molar-refractivity contribution < 1.29 is 9.53 Å². The van der Waals surface area contributed by atoms with Crippen LogP contribution >= 0.6 is 0 Å². The van der Waals surface area contributed by atoms with E-state index >= 15 is 0 Å². The van der Waals surface area contributed by atoms with E-state index in [1.807, 2.05) is 20.9 Å². The van der Waals surface area contributed by atoms with Gasteiger partial charge in [-0.1, -0.05) is 12.8 Å². The molecule has 3 heterocycles. The van der Waals surface area contributed by atoms with E-state index in [-0.39, 0.29) is 17.5 Å². The van der Waals surface area contributed by atoms with Gasteiger partial charge in [-0.15, -0.1) is 5.10 Å². The van der Waals surface area contributed by atoms with Gasteiger partial charge in [0.2, 0.25) is 5.91 Å². The predicted molar refractivity (Wildman–Crippen MR) is 134 cm³/mol. The van der Waals surface area contributed by atoms with Crippen LogP contribution in [0.2, 0.25) is 0 Å². The van der Waals surface area contributed by atoms with Gasteiger partial charge in [0.15, 0.2) is 11.3 Å². The van der Waals surface area contributed by atoms with Crippen LogP contribution in [0.5, 0.6) is 5.75 Å². The van der Waals surface area contributed by atoms with Crippen LogP contribution in [0.3, 0.4) is 0 Å². The minimum atomic E-state index is -0.291. The summed E-state index contributed by atoms with van der Waals surface area (Å²) in [6.45, 7) is 6.54. The van der Waals surface area contributed by atoms with Gasteiger partial charge in [-0.25, -0.2) is 9.50 Å². The number of hydrogen-bond donors (Lipinski definition) is 3. The number of benzene rings is 1. The van der Waals surface area contributed by atoms with Crippen molar-refractivity contribution in [3.8, 4) is 17.1 Å². The van der Waals surface area contributed by atoms with Crippen molar-refractivity contribution in [3.63, 3.8) is 0 Å². The lowest BCUT2D eigenvalue weighted by Gasteiger charge is -2.30. The number of nitrogens with one attached hydrogen (secondary N) is 3. The Morgan fingerprint density at radius 3 is 2.83 bits per heavy atom. The molecule has 1 saturated heterocycles. The highest BCUT2D eigenvalue weighted by atomic mass is 16.5. The molecule has 2 fully saturated rings. The second-order valence-corrected chi connectivity index (χ2v) is 9.50. The minimum Gasteiger partial charge on any atom is -0.493 e. The number of carbonyl (C=O) groups is 1. The normalized spacial score (nSPS) is 19.3. The molecule has 1 amide bonds. The molecule has 1 aromatic carbocycles. The number of amides is 1. The predicted octanol–water partition coefficient (Wildman–Crippen LogP) is 2.29. The lowest BCUT2D eigenvalue weighted by molar-refractivity contribution is -0.119. The molecule has 1 saturated carbocycles. The summed E-state index contributed by atoms with van der Waals surface area (Å²) in [7, 11) is 2.01. The van der Waals surface area contributed by atoms with Gasteiger partial charge < -0.3 is 25.3 Å². The molecule has 0 radical (unpaired) electrons. The summed E-state index contributed by atoms with van der Waals surface area (Å²) >= 11 is 0. The number of fused-ring (bicyclic) bond motifs is 1. The minimum absolute atomic E-state index is 0.0997. The summed E-state index contributed by atoms with van der Waals surface area (Å²) in [4.78, 5) is 35.8. The number of piperazine rings is 1. The Balaban J connectivity index is 1.53. The summed E-state index contributed by atoms with van der Waals surface area (Å²) in [5.41, 5.74) is 2.15. The number of imidazole rings is 1. The lowest BCUT2D eigenvalue weighted by atomic mass is 10.1. The Morgan fingerprint density at radius 2 is 2.09 bits per heavy atom. The maximum absolute atomic E-state index is 13.1. The van der Waals surface area contributed by atoms with Crippen LogP contribution in [0.1, 0.15) is 50.0 Å². The third kappa shape index (κ3) is 4.68. The molecule has 2 aliphatic rings. The summed E-state index contributed by atoms with van der Waals surface area (Å²) in [5, 5.41) is 11.1. The van der Waals surface area contributed by atoms with E-state index in [1.165, 1.54) is 0 Å². The highest BCUT2D eigenvalue weighted by Gasteiger charge is 2.26. The van der Waals surface area contributed by atoms with Crippen LogP contribution in [0.4, 0.5) is 5.69 Å². The SMILES string of the molecule is CCOc1ccc(NC(=O)C2CN(C)CCN2)cc1-c1nn2c(C3CCCC3)nc(C)c2c(=O)[nH]1. The molecular weight excluding hydrogens is 446 g/mol. The molecular formula is C25H33N7O3. The van der Waals surface area contributed by atoms with Gasteiger partial charge in [0.25, 0.3) is 5.56 Å². The van der Waals surface area contributed by atoms with Crippen LogP contribution in [-0.4, -0.2) is 69.7 Å². The zero-order valence-corrected chi connectivity index (χ0v) is 20.6. The topological polar surface area (TPSA) is 117 Å². The second-order valence-electron chi connectivity index (χ2n) is 9.50. The number of H-pyrrole nitrogens is 1. The molecule has 3 aromatic rings. The van der Waals surface area contributed by atoms with Gasteiger partial charge in [0.1, 0.15) is 11.6 Å². The van der Waals surface area contributed by atoms with Gasteiger partial charge in [0.05, 0.1) is 23.9 Å². The van der Waals surface area contributed by atoms with Crippen molar-refractivity contribution in [2.24, 2.45) is 0 Å². The smallest absolute Gasteiger partial charge is 0.277 e. The number of rotatable bonds is 6. The van der Waals surface area contributed by atoms with Crippen molar-refractivity contribution >= 4 is 17.1 Å². The largest absolute Gasteiger partial charge is 0.493 e. The Hall–Kier alpha value is -3.24. The average molecular weight is 480 g/mol. The second kappa shape index (κ2) is 9.79. The van der Waals surface area contributed by atoms with E-state index in [0.717, 1.165) is 44.6 Å². The fourth-order valence-corrected chi connectivity index (χ4v) is 5.14. The number of carbonyl (C=O) groups excluding carboxylic acids is 1. The Morgan fingerprint density at radius 1 is 1.29 bits per heavy atom. The lowest BCUT2D eigenvalue weighted by Crippen LogP contribution is -2.54. The van der Waals surface area contributed by atoms with Crippen molar-refractivity contribution in [1.82, 2.24) is 29.8 Å². The molecule has 0 spiro atoms. The molecule has 1 aliphatic heterocycles. The van der Waals surface area contributed by atoms with E-state index < -0.39 is 0 Å². The standard InChI is InChI=1S/C25H33N7O3/c1-4-35-20-10-9-17(28-24(33)19-14-31(3)12-11-26-19)13-18(20)22-29-25(34)21-15(2)27-23(32(21)30-22)16-7-5-6-8-16/h9-10,13,16,19,26H,4-8,11-12,14H2,1-3H3,(H,28,33)(H,29,30,34). The third-order valence-corrected chi connectivity index (χ3v) is 6.92. The molecule has 186 valence electrons. The third-order valence-electron chi connectivity index (χ3n) is 6.92. The zero-order valence-electron chi connectivity index (χ0n) is 20.6. The molecule has 10 heteroatoms. The van der Waals surface area contributed by atoms with Gasteiger partial charge in [-0.05, 0) is 51.9 Å². The summed E-state index contributed by atoms with van der Waals surface area (Å²) in [6, 6.07) is 5.12. The molecule has 5 rings (SSSR count). The first-order valence-corrected chi connectivity index (χ1v) is 12.4. The molecule has 0 bridgehead atoms. The molecule has 1 aliphatic carbocycles. The van der Waals surface area contributed by atoms with Crippen molar-refractivity contribution in [2.75, 3.05) is 38.6 Å². The maximum atomic E-state index is 13.1. The van der Waals surface area contributed by atoms with Crippen molar-refractivity contribution in [2.45, 2.75) is 51.5 Å². The van der Waals surface area contributed by atoms with Crippen molar-refractivity contribution in [1.29, 1.82) is 0 Å². The fourth-order valence-electron chi connectivity index (χ4n) is 5.14. The van der Waals surface area contributed by atoms with E-state index in [1.54, 1.807) is 22.7 Å². The van der Waals surface area contributed by atoms with E-state index in [9.17, 15) is 9.59 Å². The highest BCUT2D eigenvalue weighted by Crippen LogP contribution is 2.35. The zero-order chi connectivity index (χ0) is 24.5. The number of hydrogen-bond acceptors (Lipinski definition) is 7. The number of aryl methyl sites for hydroxylation is 1. The molecule has 1 unspecified atom stereocenters. The monoisotopic (exact) mass is 479 g/mol. The molecule has 2 aromatic heterocycles. The number of aromatic amines is 1. The quantitative estimate of drug-likeness (QED) is 0.497. The summed E-state index contributed by atoms with van der Waals surface area (Å²) in [5.74, 6) is 2.02. The Kier molecular flexibility index (Phi) is 6.57. The Bertz CT molecular complexity index is 1290. The van der Waals surface area contributed by atoms with Gasteiger partial charge in [0, 0.05) is 31.2 Å². The van der Waals surface area contributed by atoms with E-state index in [2.05, 4.69) is 20.5 Å². The Labute approximate surface area is 204 Å².